The first kappa shape index (κ1) is 19.3. The molecular weight excluding hydrogens is 373 g/mol. The highest BCUT2D eigenvalue weighted by Gasteiger charge is 2.14. The molecule has 1 amide bonds. The summed E-state index contributed by atoms with van der Waals surface area (Å²) in [6.07, 6.45) is -1.12. The minimum Gasteiger partial charge on any atom is -0.305 e. The van der Waals surface area contributed by atoms with Crippen LogP contribution in [0.15, 0.2) is 53.5 Å². The maximum Gasteiger partial charge on any atom is 0.277 e. The number of amides is 1. The Hall–Kier alpha value is -3.49. The molecule has 3 rings (SSSR count). The van der Waals surface area contributed by atoms with E-state index >= 15 is 0 Å². The molecule has 0 unspecified atom stereocenters. The van der Waals surface area contributed by atoms with Crippen molar-refractivity contribution in [3.63, 3.8) is 0 Å². The van der Waals surface area contributed by atoms with Crippen molar-refractivity contribution in [2.24, 2.45) is 7.05 Å². The van der Waals surface area contributed by atoms with E-state index in [0.717, 1.165) is 16.8 Å². The maximum absolute atomic E-state index is 13.4. The molecule has 6 nitrogen and oxygen atoms in total. The van der Waals surface area contributed by atoms with Gasteiger partial charge in [0.15, 0.2) is 0 Å². The van der Waals surface area contributed by atoms with Gasteiger partial charge in [-0.1, -0.05) is 12.1 Å². The average Bonchev–Trinajstić information content (AvgIpc) is 2.66. The molecule has 3 aromatic rings. The van der Waals surface area contributed by atoms with Crippen LogP contribution in [0.5, 0.6) is 0 Å². The normalized spacial score (nSPS) is 10.9. The second-order valence-electron chi connectivity index (χ2n) is 6.02. The standard InChI is InChI=1S/C19H15F3N4O2/c1-26-17(27)7-5-15(25-26)19(28)24-16-6-3-12(10-23-16)8-11-2-4-14(20)13(9-11)18(21)22/h2-7,9-10,18H,8H2,1H3,(H,23,24,28). The summed E-state index contributed by atoms with van der Waals surface area (Å²) in [4.78, 5) is 27.6. The van der Waals surface area contributed by atoms with Crippen LogP contribution < -0.4 is 10.9 Å². The third-order valence-electron chi connectivity index (χ3n) is 3.96. The van der Waals surface area contributed by atoms with E-state index in [4.69, 9.17) is 0 Å². The van der Waals surface area contributed by atoms with Crippen molar-refractivity contribution in [3.8, 4) is 0 Å². The van der Waals surface area contributed by atoms with Crippen LogP contribution in [0.2, 0.25) is 0 Å². The summed E-state index contributed by atoms with van der Waals surface area (Å²) < 4.78 is 40.0. The summed E-state index contributed by atoms with van der Waals surface area (Å²) in [5.74, 6) is -1.21. The average molecular weight is 388 g/mol. The van der Waals surface area contributed by atoms with E-state index in [1.54, 1.807) is 12.1 Å². The van der Waals surface area contributed by atoms with Gasteiger partial charge in [0.05, 0.1) is 5.56 Å². The molecule has 1 N–H and O–H groups in total. The molecule has 0 saturated carbocycles. The van der Waals surface area contributed by atoms with Gasteiger partial charge in [-0.05, 0) is 41.8 Å². The zero-order valence-corrected chi connectivity index (χ0v) is 14.7. The van der Waals surface area contributed by atoms with Gasteiger partial charge in [0.2, 0.25) is 0 Å². The SMILES string of the molecule is Cn1nc(C(=O)Nc2ccc(Cc3ccc(F)c(C(F)F)c3)cn2)ccc1=O. The van der Waals surface area contributed by atoms with Gasteiger partial charge in [-0.25, -0.2) is 22.8 Å². The predicted molar refractivity (Wildman–Crippen MR) is 95.8 cm³/mol. The first-order valence-corrected chi connectivity index (χ1v) is 8.20. The van der Waals surface area contributed by atoms with Crippen LogP contribution in [0.4, 0.5) is 19.0 Å². The van der Waals surface area contributed by atoms with Gasteiger partial charge in [-0.15, -0.1) is 0 Å². The Morgan fingerprint density at radius 3 is 2.54 bits per heavy atom. The number of rotatable bonds is 5. The van der Waals surface area contributed by atoms with Crippen LogP contribution in [0.25, 0.3) is 0 Å². The monoisotopic (exact) mass is 388 g/mol. The summed E-state index contributed by atoms with van der Waals surface area (Å²) >= 11 is 0. The van der Waals surface area contributed by atoms with Gasteiger partial charge in [-0.2, -0.15) is 5.10 Å². The number of benzene rings is 1. The lowest BCUT2D eigenvalue weighted by Crippen LogP contribution is -2.23. The molecule has 1 aromatic carbocycles. The van der Waals surface area contributed by atoms with Crippen LogP contribution in [0, 0.1) is 5.82 Å². The number of hydrogen-bond donors (Lipinski definition) is 1. The van der Waals surface area contributed by atoms with Gasteiger partial charge in [-0.3, -0.25) is 9.59 Å². The molecule has 0 aliphatic rings. The lowest BCUT2D eigenvalue weighted by molar-refractivity contribution is 0.101. The van der Waals surface area contributed by atoms with Crippen molar-refractivity contribution in [2.75, 3.05) is 5.32 Å². The van der Waals surface area contributed by atoms with E-state index in [-0.39, 0.29) is 23.5 Å². The van der Waals surface area contributed by atoms with Crippen LogP contribution in [-0.2, 0) is 13.5 Å². The van der Waals surface area contributed by atoms with Crippen molar-refractivity contribution in [2.45, 2.75) is 12.8 Å². The Morgan fingerprint density at radius 2 is 1.89 bits per heavy atom. The summed E-state index contributed by atoms with van der Waals surface area (Å²) in [6, 6.07) is 9.33. The number of alkyl halides is 2. The van der Waals surface area contributed by atoms with Crippen molar-refractivity contribution in [1.82, 2.24) is 14.8 Å². The van der Waals surface area contributed by atoms with E-state index in [1.165, 1.54) is 31.4 Å². The quantitative estimate of drug-likeness (QED) is 0.729. The zero-order valence-electron chi connectivity index (χ0n) is 14.7. The minimum absolute atomic E-state index is 0.0545. The second kappa shape index (κ2) is 8.03. The molecule has 0 bridgehead atoms. The Bertz CT molecular complexity index is 1070. The lowest BCUT2D eigenvalue weighted by atomic mass is 10.0. The second-order valence-corrected chi connectivity index (χ2v) is 6.02. The number of nitrogens with zero attached hydrogens (tertiary/aromatic N) is 3. The summed E-state index contributed by atoms with van der Waals surface area (Å²) in [5, 5.41) is 6.39. The van der Waals surface area contributed by atoms with E-state index in [2.05, 4.69) is 15.4 Å². The minimum atomic E-state index is -2.89. The van der Waals surface area contributed by atoms with Gasteiger partial charge >= 0.3 is 0 Å². The van der Waals surface area contributed by atoms with Crippen LogP contribution in [0.1, 0.15) is 33.6 Å². The third kappa shape index (κ3) is 4.43. The van der Waals surface area contributed by atoms with Crippen LogP contribution in [-0.4, -0.2) is 20.7 Å². The van der Waals surface area contributed by atoms with Gasteiger partial charge in [0.25, 0.3) is 17.9 Å². The summed E-state index contributed by atoms with van der Waals surface area (Å²) in [5.41, 5.74) is 0.294. The first-order chi connectivity index (χ1) is 13.3. The number of aryl methyl sites for hydroxylation is 1. The molecule has 2 aromatic heterocycles. The van der Waals surface area contributed by atoms with Crippen molar-refractivity contribution in [1.29, 1.82) is 0 Å². The number of aromatic nitrogens is 3. The predicted octanol–water partition coefficient (Wildman–Crippen LogP) is 3.10. The highest BCUT2D eigenvalue weighted by atomic mass is 19.3. The number of anilines is 1. The molecule has 0 fully saturated rings. The maximum atomic E-state index is 13.4. The largest absolute Gasteiger partial charge is 0.305 e. The molecule has 0 saturated heterocycles. The van der Waals surface area contributed by atoms with E-state index in [0.29, 0.717) is 11.1 Å². The molecule has 2 heterocycles. The highest BCUT2D eigenvalue weighted by Crippen LogP contribution is 2.24. The molecule has 0 aliphatic heterocycles. The fourth-order valence-electron chi connectivity index (χ4n) is 2.51. The van der Waals surface area contributed by atoms with E-state index < -0.39 is 23.7 Å². The van der Waals surface area contributed by atoms with Crippen molar-refractivity contribution in [3.05, 3.63) is 87.2 Å². The van der Waals surface area contributed by atoms with E-state index in [9.17, 15) is 22.8 Å². The number of nitrogens with one attached hydrogen (secondary N) is 1. The molecule has 0 aliphatic carbocycles. The number of carbonyl (C=O) groups excluding carboxylic acids is 1. The third-order valence-corrected chi connectivity index (χ3v) is 3.96. The molecular formula is C19H15F3N4O2. The fourth-order valence-corrected chi connectivity index (χ4v) is 2.51. The zero-order chi connectivity index (χ0) is 20.3. The van der Waals surface area contributed by atoms with Crippen LogP contribution in [0.3, 0.4) is 0 Å². The Labute approximate surface area is 157 Å². The molecule has 144 valence electrons. The molecule has 0 spiro atoms. The van der Waals surface area contributed by atoms with Gasteiger partial charge in [0, 0.05) is 19.3 Å². The topological polar surface area (TPSA) is 76.9 Å². The fraction of sp³-hybridized carbons (Fsp3) is 0.158. The van der Waals surface area contributed by atoms with Crippen LogP contribution >= 0.6 is 0 Å². The molecule has 0 atom stereocenters. The van der Waals surface area contributed by atoms with E-state index in [1.807, 2.05) is 0 Å². The number of halogens is 3. The number of carbonyl (C=O) groups is 1. The Balaban J connectivity index is 1.70. The Kier molecular flexibility index (Phi) is 5.53. The van der Waals surface area contributed by atoms with Crippen molar-refractivity contribution >= 4 is 11.7 Å². The molecule has 9 heteroatoms. The summed E-state index contributed by atoms with van der Waals surface area (Å²) in [7, 11) is 1.43. The Morgan fingerprint density at radius 1 is 1.14 bits per heavy atom. The summed E-state index contributed by atoms with van der Waals surface area (Å²) in [6.45, 7) is 0. The molecule has 0 radical (unpaired) electrons. The van der Waals surface area contributed by atoms with Crippen molar-refractivity contribution < 1.29 is 18.0 Å². The highest BCUT2D eigenvalue weighted by molar-refractivity contribution is 6.02. The lowest BCUT2D eigenvalue weighted by Gasteiger charge is -2.08. The first-order valence-electron chi connectivity index (χ1n) is 8.20. The number of pyridine rings is 1. The van der Waals surface area contributed by atoms with Gasteiger partial charge in [0.1, 0.15) is 17.3 Å². The van der Waals surface area contributed by atoms with Gasteiger partial charge < -0.3 is 5.32 Å². The smallest absolute Gasteiger partial charge is 0.277 e. The molecule has 28 heavy (non-hydrogen) atoms. The number of hydrogen-bond acceptors (Lipinski definition) is 4.